The fourth-order valence-corrected chi connectivity index (χ4v) is 1.65. The summed E-state index contributed by atoms with van der Waals surface area (Å²) >= 11 is 0. The first-order chi connectivity index (χ1) is 8.91. The smallest absolute Gasteiger partial charge is 0.339 e. The van der Waals surface area contributed by atoms with E-state index in [1.54, 1.807) is 0 Å². The molecule has 0 unspecified atom stereocenters. The number of nitrogens with zero attached hydrogens (tertiary/aromatic N) is 2. The van der Waals surface area contributed by atoms with E-state index in [0.717, 1.165) is 4.68 Å². The number of carboxylic acids is 1. The number of aromatic carboxylic acids is 1. The van der Waals surface area contributed by atoms with Gasteiger partial charge in [0.15, 0.2) is 5.82 Å². The Morgan fingerprint density at radius 1 is 1.32 bits per heavy atom. The van der Waals surface area contributed by atoms with Gasteiger partial charge in [-0.2, -0.15) is 0 Å². The van der Waals surface area contributed by atoms with Gasteiger partial charge in [0.2, 0.25) is 5.88 Å². The predicted molar refractivity (Wildman–Crippen MR) is 66.9 cm³/mol. The fraction of sp³-hybridized carbons (Fsp3) is 0.0909. The molecule has 2 aromatic rings. The van der Waals surface area contributed by atoms with Crippen LogP contribution >= 0.6 is 0 Å². The molecule has 0 aliphatic carbocycles. The molecular formula is C11H12N4O4. The Bertz CT molecular complexity index is 650. The second-order valence-electron chi connectivity index (χ2n) is 3.90. The molecule has 0 atom stereocenters. The number of benzene rings is 1. The predicted octanol–water partition coefficient (Wildman–Crippen LogP) is 0.205. The van der Waals surface area contributed by atoms with Crippen LogP contribution in [0.15, 0.2) is 18.2 Å². The molecule has 0 aliphatic heterocycles. The van der Waals surface area contributed by atoms with Gasteiger partial charge in [-0.25, -0.2) is 9.48 Å². The Morgan fingerprint density at radius 2 is 2.00 bits per heavy atom. The molecule has 0 saturated carbocycles. The maximum absolute atomic E-state index is 10.9. The lowest BCUT2D eigenvalue weighted by Gasteiger charge is -2.08. The van der Waals surface area contributed by atoms with Gasteiger partial charge in [0.1, 0.15) is 17.0 Å². The standard InChI is InChI=1S/C11H12N4O4/c12-7-9(13)14-15(10(7)17)4-5-2-1-3-6(8(5)16)11(18)19/h1-3,16-17H,4,12H2,(H2,13,14)(H,18,19). The molecule has 0 bridgehead atoms. The number of rotatable bonds is 3. The third-order valence-corrected chi connectivity index (χ3v) is 2.66. The van der Waals surface area contributed by atoms with Crippen molar-refractivity contribution < 1.29 is 20.1 Å². The van der Waals surface area contributed by atoms with Crippen LogP contribution in [-0.4, -0.2) is 31.1 Å². The van der Waals surface area contributed by atoms with E-state index in [-0.39, 0.29) is 40.8 Å². The van der Waals surface area contributed by atoms with Crippen LogP contribution in [0.4, 0.5) is 11.5 Å². The first kappa shape index (κ1) is 12.6. The fourth-order valence-electron chi connectivity index (χ4n) is 1.65. The minimum atomic E-state index is -1.25. The number of nitrogen functional groups attached to an aromatic ring is 2. The number of carboxylic acid groups (broad SMARTS) is 1. The second-order valence-corrected chi connectivity index (χ2v) is 3.90. The molecule has 1 heterocycles. The van der Waals surface area contributed by atoms with Crippen molar-refractivity contribution in [1.29, 1.82) is 0 Å². The Balaban J connectivity index is 2.41. The summed E-state index contributed by atoms with van der Waals surface area (Å²) < 4.78 is 1.07. The summed E-state index contributed by atoms with van der Waals surface area (Å²) in [7, 11) is 0. The number of anilines is 2. The lowest BCUT2D eigenvalue weighted by atomic mass is 10.1. The number of nitrogens with two attached hydrogens (primary N) is 2. The van der Waals surface area contributed by atoms with Crippen molar-refractivity contribution in [2.24, 2.45) is 0 Å². The lowest BCUT2D eigenvalue weighted by molar-refractivity contribution is 0.0693. The molecule has 0 radical (unpaired) electrons. The van der Waals surface area contributed by atoms with Gasteiger partial charge in [0.25, 0.3) is 0 Å². The van der Waals surface area contributed by atoms with Crippen LogP contribution in [0.3, 0.4) is 0 Å². The third kappa shape index (κ3) is 2.10. The molecule has 100 valence electrons. The topological polar surface area (TPSA) is 148 Å². The summed E-state index contributed by atoms with van der Waals surface area (Å²) in [6.07, 6.45) is 0. The van der Waals surface area contributed by atoms with E-state index in [1.165, 1.54) is 18.2 Å². The molecule has 1 aromatic heterocycles. The van der Waals surface area contributed by atoms with Crippen molar-refractivity contribution in [3.05, 3.63) is 29.3 Å². The van der Waals surface area contributed by atoms with Gasteiger partial charge in [-0.3, -0.25) is 0 Å². The average molecular weight is 264 g/mol. The number of hydrogen-bond acceptors (Lipinski definition) is 6. The molecule has 2 rings (SSSR count). The largest absolute Gasteiger partial charge is 0.507 e. The van der Waals surface area contributed by atoms with Gasteiger partial charge < -0.3 is 26.8 Å². The van der Waals surface area contributed by atoms with Gasteiger partial charge in [-0.15, -0.1) is 5.10 Å². The van der Waals surface area contributed by atoms with Crippen LogP contribution in [0, 0.1) is 0 Å². The molecule has 8 nitrogen and oxygen atoms in total. The molecule has 0 aliphatic rings. The van der Waals surface area contributed by atoms with Crippen LogP contribution in [-0.2, 0) is 6.54 Å². The Kier molecular flexibility index (Phi) is 2.91. The maximum Gasteiger partial charge on any atom is 0.339 e. The molecule has 1 aromatic carbocycles. The van der Waals surface area contributed by atoms with Gasteiger partial charge in [-0.1, -0.05) is 12.1 Å². The molecular weight excluding hydrogens is 252 g/mol. The van der Waals surface area contributed by atoms with Gasteiger partial charge in [-0.05, 0) is 6.07 Å². The van der Waals surface area contributed by atoms with Crippen molar-refractivity contribution in [2.45, 2.75) is 6.54 Å². The number of phenols is 1. The second kappa shape index (κ2) is 4.41. The Hall–Kier alpha value is -2.90. The number of aromatic nitrogens is 2. The minimum absolute atomic E-state index is 0.0358. The highest BCUT2D eigenvalue weighted by Gasteiger charge is 2.16. The van der Waals surface area contributed by atoms with E-state index >= 15 is 0 Å². The number of carbonyl (C=O) groups is 1. The molecule has 0 amide bonds. The highest BCUT2D eigenvalue weighted by molar-refractivity contribution is 5.91. The van der Waals surface area contributed by atoms with E-state index in [2.05, 4.69) is 5.10 Å². The summed E-state index contributed by atoms with van der Waals surface area (Å²) in [4.78, 5) is 10.9. The molecule has 8 heteroatoms. The average Bonchev–Trinajstić information content (AvgIpc) is 2.59. The summed E-state index contributed by atoms with van der Waals surface area (Å²) in [5.41, 5.74) is 10.9. The van der Waals surface area contributed by atoms with Gasteiger partial charge in [0, 0.05) is 5.56 Å². The Labute approximate surface area is 107 Å². The van der Waals surface area contributed by atoms with E-state index in [9.17, 15) is 15.0 Å². The monoisotopic (exact) mass is 264 g/mol. The van der Waals surface area contributed by atoms with E-state index in [4.69, 9.17) is 16.6 Å². The quantitative estimate of drug-likeness (QED) is 0.532. The Morgan fingerprint density at radius 3 is 2.53 bits per heavy atom. The molecule has 0 fully saturated rings. The van der Waals surface area contributed by atoms with Crippen LogP contribution < -0.4 is 11.5 Å². The van der Waals surface area contributed by atoms with Crippen LogP contribution in [0.25, 0.3) is 0 Å². The summed E-state index contributed by atoms with van der Waals surface area (Å²) in [5.74, 6) is -2.01. The molecule has 7 N–H and O–H groups in total. The van der Waals surface area contributed by atoms with Crippen molar-refractivity contribution in [3.8, 4) is 11.6 Å². The van der Waals surface area contributed by atoms with Crippen LogP contribution in [0.1, 0.15) is 15.9 Å². The first-order valence-corrected chi connectivity index (χ1v) is 5.26. The minimum Gasteiger partial charge on any atom is -0.507 e. The van der Waals surface area contributed by atoms with Crippen LogP contribution in [0.5, 0.6) is 11.6 Å². The van der Waals surface area contributed by atoms with E-state index in [0.29, 0.717) is 0 Å². The normalized spacial score (nSPS) is 10.5. The van der Waals surface area contributed by atoms with Gasteiger partial charge >= 0.3 is 5.97 Å². The highest BCUT2D eigenvalue weighted by Crippen LogP contribution is 2.29. The number of para-hydroxylation sites is 1. The SMILES string of the molecule is Nc1nn(Cc2cccc(C(=O)O)c2O)c(O)c1N. The van der Waals surface area contributed by atoms with Gasteiger partial charge in [0.05, 0.1) is 6.54 Å². The zero-order chi connectivity index (χ0) is 14.2. The number of aromatic hydroxyl groups is 2. The molecule has 0 spiro atoms. The van der Waals surface area contributed by atoms with Crippen molar-refractivity contribution in [1.82, 2.24) is 9.78 Å². The molecule has 19 heavy (non-hydrogen) atoms. The summed E-state index contributed by atoms with van der Waals surface area (Å²) in [5, 5.41) is 32.1. The maximum atomic E-state index is 10.9. The summed E-state index contributed by atoms with van der Waals surface area (Å²) in [6.45, 7) is -0.0554. The lowest BCUT2D eigenvalue weighted by Crippen LogP contribution is -2.05. The summed E-state index contributed by atoms with van der Waals surface area (Å²) in [6, 6.07) is 4.26. The zero-order valence-electron chi connectivity index (χ0n) is 9.74. The van der Waals surface area contributed by atoms with Crippen molar-refractivity contribution in [3.63, 3.8) is 0 Å². The number of hydrogen-bond donors (Lipinski definition) is 5. The van der Waals surface area contributed by atoms with Crippen LogP contribution in [0.2, 0.25) is 0 Å². The molecule has 0 saturated heterocycles. The van der Waals surface area contributed by atoms with E-state index in [1.807, 2.05) is 0 Å². The third-order valence-electron chi connectivity index (χ3n) is 2.66. The van der Waals surface area contributed by atoms with Crippen molar-refractivity contribution in [2.75, 3.05) is 11.5 Å². The zero-order valence-corrected chi connectivity index (χ0v) is 9.74. The first-order valence-electron chi connectivity index (χ1n) is 5.26. The van der Waals surface area contributed by atoms with Crippen molar-refractivity contribution >= 4 is 17.5 Å². The highest BCUT2D eigenvalue weighted by atomic mass is 16.4. The van der Waals surface area contributed by atoms with E-state index < -0.39 is 5.97 Å².